The molecule has 0 aliphatic carbocycles. The summed E-state index contributed by atoms with van der Waals surface area (Å²) in [4.78, 5) is 12.0. The highest BCUT2D eigenvalue weighted by Crippen LogP contribution is 2.34. The Morgan fingerprint density at radius 2 is 2.04 bits per heavy atom. The van der Waals surface area contributed by atoms with Gasteiger partial charge in [0.2, 0.25) is 0 Å². The lowest BCUT2D eigenvalue weighted by Crippen LogP contribution is -2.07. The quantitative estimate of drug-likeness (QED) is 0.597. The van der Waals surface area contributed by atoms with Gasteiger partial charge in [-0.3, -0.25) is 0 Å². The summed E-state index contributed by atoms with van der Waals surface area (Å²) < 4.78 is 29.9. The molecule has 0 radical (unpaired) electrons. The number of rotatable bonds is 7. The molecule has 0 amide bonds. The van der Waals surface area contributed by atoms with Crippen LogP contribution in [-0.2, 0) is 11.3 Å². The van der Waals surface area contributed by atoms with Crippen LogP contribution in [0.4, 0.5) is 4.39 Å². The van der Waals surface area contributed by atoms with Crippen molar-refractivity contribution in [3.8, 4) is 22.8 Å². The molecule has 1 N–H and O–H groups in total. The first-order valence-corrected chi connectivity index (χ1v) is 8.75. The summed E-state index contributed by atoms with van der Waals surface area (Å²) in [6.45, 7) is 1.85. The van der Waals surface area contributed by atoms with E-state index in [1.54, 1.807) is 31.2 Å². The van der Waals surface area contributed by atoms with E-state index in [1.807, 2.05) is 0 Å². The van der Waals surface area contributed by atoms with Crippen molar-refractivity contribution < 1.29 is 23.4 Å². The summed E-state index contributed by atoms with van der Waals surface area (Å²) in [6, 6.07) is 9.37. The van der Waals surface area contributed by atoms with Gasteiger partial charge in [0.1, 0.15) is 18.1 Å². The van der Waals surface area contributed by atoms with E-state index in [0.717, 1.165) is 0 Å². The number of nitrogens with one attached hydrogen (secondary N) is 1. The molecule has 0 bridgehead atoms. The number of halogens is 2. The Hall–Kier alpha value is -3.13. The summed E-state index contributed by atoms with van der Waals surface area (Å²) in [5.74, 6) is -0.279. The van der Waals surface area contributed by atoms with Gasteiger partial charge in [-0.1, -0.05) is 17.7 Å². The number of ether oxygens (including phenoxy) is 3. The number of aromatic nitrogens is 3. The van der Waals surface area contributed by atoms with Crippen LogP contribution in [0.2, 0.25) is 5.02 Å². The molecule has 0 aliphatic heterocycles. The molecule has 0 saturated carbocycles. The molecule has 0 saturated heterocycles. The molecule has 7 nitrogen and oxygen atoms in total. The van der Waals surface area contributed by atoms with Crippen molar-refractivity contribution in [1.29, 1.82) is 0 Å². The smallest absolute Gasteiger partial charge is 0.361 e. The van der Waals surface area contributed by atoms with Crippen molar-refractivity contribution in [2.24, 2.45) is 0 Å². The molecule has 0 atom stereocenters. The monoisotopic (exact) mass is 405 g/mol. The van der Waals surface area contributed by atoms with E-state index in [0.29, 0.717) is 22.8 Å². The van der Waals surface area contributed by atoms with Crippen LogP contribution in [0.15, 0.2) is 36.4 Å². The van der Waals surface area contributed by atoms with Gasteiger partial charge in [0, 0.05) is 11.1 Å². The van der Waals surface area contributed by atoms with Gasteiger partial charge in [0.15, 0.2) is 17.2 Å². The van der Waals surface area contributed by atoms with E-state index in [2.05, 4.69) is 15.4 Å². The Balaban J connectivity index is 1.86. The van der Waals surface area contributed by atoms with Crippen LogP contribution in [0.25, 0.3) is 11.3 Å². The van der Waals surface area contributed by atoms with Gasteiger partial charge in [-0.05, 0) is 37.3 Å². The third-order valence-electron chi connectivity index (χ3n) is 3.89. The summed E-state index contributed by atoms with van der Waals surface area (Å²) in [7, 11) is 1.47. The standard InChI is InChI=1S/C19H17ClFN3O4/c1-3-27-19(25)18-17(22-24-23-18)11-7-8-15(16(9-11)26-2)28-10-12-13(20)5-4-6-14(12)21/h4-9H,3,10H2,1-2H3,(H,22,23,24). The van der Waals surface area contributed by atoms with Gasteiger partial charge in [0.05, 0.1) is 18.7 Å². The number of methoxy groups -OCH3 is 1. The summed E-state index contributed by atoms with van der Waals surface area (Å²) in [5, 5.41) is 10.6. The number of H-pyrrole nitrogens is 1. The summed E-state index contributed by atoms with van der Waals surface area (Å²) in [6.07, 6.45) is 0. The Kier molecular flexibility index (Phi) is 6.10. The first-order chi connectivity index (χ1) is 13.5. The van der Waals surface area contributed by atoms with Gasteiger partial charge in [-0.25, -0.2) is 9.18 Å². The molecular weight excluding hydrogens is 389 g/mol. The number of hydrogen-bond acceptors (Lipinski definition) is 6. The Morgan fingerprint density at radius 3 is 2.75 bits per heavy atom. The zero-order valence-corrected chi connectivity index (χ0v) is 15.9. The van der Waals surface area contributed by atoms with Crippen LogP contribution in [0.1, 0.15) is 23.0 Å². The maximum Gasteiger partial charge on any atom is 0.361 e. The van der Waals surface area contributed by atoms with Crippen LogP contribution in [-0.4, -0.2) is 35.1 Å². The average molecular weight is 406 g/mol. The predicted octanol–water partition coefficient (Wildman–Crippen LogP) is 4.03. The van der Waals surface area contributed by atoms with Crippen LogP contribution in [0.3, 0.4) is 0 Å². The molecule has 146 valence electrons. The van der Waals surface area contributed by atoms with Crippen molar-refractivity contribution >= 4 is 17.6 Å². The Labute approximate surface area is 165 Å². The minimum Gasteiger partial charge on any atom is -0.493 e. The third kappa shape index (κ3) is 4.07. The van der Waals surface area contributed by atoms with Gasteiger partial charge >= 0.3 is 5.97 Å². The maximum absolute atomic E-state index is 13.9. The molecule has 3 aromatic rings. The van der Waals surface area contributed by atoms with Crippen LogP contribution in [0.5, 0.6) is 11.5 Å². The number of hydrogen-bond donors (Lipinski definition) is 1. The lowest BCUT2D eigenvalue weighted by atomic mass is 10.1. The van der Waals surface area contributed by atoms with Gasteiger partial charge < -0.3 is 14.2 Å². The van der Waals surface area contributed by atoms with E-state index in [-0.39, 0.29) is 29.5 Å². The van der Waals surface area contributed by atoms with E-state index >= 15 is 0 Å². The fourth-order valence-electron chi connectivity index (χ4n) is 2.53. The number of esters is 1. The Morgan fingerprint density at radius 1 is 1.21 bits per heavy atom. The summed E-state index contributed by atoms with van der Waals surface area (Å²) >= 11 is 6.02. The first-order valence-electron chi connectivity index (χ1n) is 8.37. The molecule has 0 unspecified atom stereocenters. The number of carbonyl (C=O) groups is 1. The maximum atomic E-state index is 13.9. The molecule has 28 heavy (non-hydrogen) atoms. The molecule has 0 fully saturated rings. The lowest BCUT2D eigenvalue weighted by Gasteiger charge is -2.13. The molecule has 1 aromatic heterocycles. The minimum atomic E-state index is -0.584. The molecule has 9 heteroatoms. The summed E-state index contributed by atoms with van der Waals surface area (Å²) in [5.41, 5.74) is 1.21. The average Bonchev–Trinajstić information content (AvgIpc) is 3.18. The lowest BCUT2D eigenvalue weighted by molar-refractivity contribution is 0.0520. The molecule has 2 aromatic carbocycles. The molecule has 1 heterocycles. The zero-order chi connectivity index (χ0) is 20.1. The first kappa shape index (κ1) is 19.6. The normalized spacial score (nSPS) is 10.6. The molecule has 0 aliphatic rings. The second-order valence-electron chi connectivity index (χ2n) is 5.60. The van der Waals surface area contributed by atoms with E-state index in [1.165, 1.54) is 19.2 Å². The van der Waals surface area contributed by atoms with Crippen LogP contribution >= 0.6 is 11.6 Å². The van der Waals surface area contributed by atoms with E-state index in [4.69, 9.17) is 25.8 Å². The van der Waals surface area contributed by atoms with Gasteiger partial charge in [-0.15, -0.1) is 5.10 Å². The van der Waals surface area contributed by atoms with Gasteiger partial charge in [0.25, 0.3) is 0 Å². The number of nitrogens with zero attached hydrogens (tertiary/aromatic N) is 2. The largest absolute Gasteiger partial charge is 0.493 e. The van der Waals surface area contributed by atoms with Crippen LogP contribution in [0, 0.1) is 5.82 Å². The molecular formula is C19H17ClFN3O4. The highest BCUT2D eigenvalue weighted by molar-refractivity contribution is 6.31. The minimum absolute atomic E-state index is 0.0655. The topological polar surface area (TPSA) is 86.3 Å². The highest BCUT2D eigenvalue weighted by atomic mass is 35.5. The second kappa shape index (κ2) is 8.71. The van der Waals surface area contributed by atoms with Crippen LogP contribution < -0.4 is 9.47 Å². The van der Waals surface area contributed by atoms with Gasteiger partial charge in [-0.2, -0.15) is 10.3 Å². The number of benzene rings is 2. The second-order valence-corrected chi connectivity index (χ2v) is 6.00. The SMILES string of the molecule is CCOC(=O)c1n[nH]nc1-c1ccc(OCc2c(F)cccc2Cl)c(OC)c1. The predicted molar refractivity (Wildman–Crippen MR) is 100 cm³/mol. The van der Waals surface area contributed by atoms with E-state index in [9.17, 15) is 9.18 Å². The number of carbonyl (C=O) groups excluding carboxylic acids is 1. The third-order valence-corrected chi connectivity index (χ3v) is 4.24. The van der Waals surface area contributed by atoms with Crippen molar-refractivity contribution in [2.75, 3.05) is 13.7 Å². The van der Waals surface area contributed by atoms with Crippen molar-refractivity contribution in [3.63, 3.8) is 0 Å². The van der Waals surface area contributed by atoms with Crippen molar-refractivity contribution in [1.82, 2.24) is 15.4 Å². The molecule has 3 rings (SSSR count). The van der Waals surface area contributed by atoms with Crippen molar-refractivity contribution in [3.05, 3.63) is 58.5 Å². The Bertz CT molecular complexity index is 973. The fraction of sp³-hybridized carbons (Fsp3) is 0.211. The zero-order valence-electron chi connectivity index (χ0n) is 15.2. The van der Waals surface area contributed by atoms with E-state index < -0.39 is 11.8 Å². The number of aromatic amines is 1. The highest BCUT2D eigenvalue weighted by Gasteiger charge is 2.20. The molecule has 0 spiro atoms. The fourth-order valence-corrected chi connectivity index (χ4v) is 2.75. The van der Waals surface area contributed by atoms with Crippen molar-refractivity contribution in [2.45, 2.75) is 13.5 Å².